The van der Waals surface area contributed by atoms with Gasteiger partial charge in [-0.05, 0) is 25.2 Å². The summed E-state index contributed by atoms with van der Waals surface area (Å²) >= 11 is 0. The SMILES string of the molecule is O=COCCC1CCC(=O)CC1. The fourth-order valence-corrected chi connectivity index (χ4v) is 1.57. The second kappa shape index (κ2) is 4.91. The molecule has 0 saturated heterocycles. The molecule has 0 radical (unpaired) electrons. The Balaban J connectivity index is 2.09. The summed E-state index contributed by atoms with van der Waals surface area (Å²) in [6.07, 6.45) is 4.28. The first-order chi connectivity index (χ1) is 5.83. The van der Waals surface area contributed by atoms with Crippen molar-refractivity contribution in [2.45, 2.75) is 32.1 Å². The van der Waals surface area contributed by atoms with Crippen molar-refractivity contribution in [2.75, 3.05) is 6.61 Å². The number of carbonyl (C=O) groups is 2. The van der Waals surface area contributed by atoms with Gasteiger partial charge in [-0.25, -0.2) is 0 Å². The van der Waals surface area contributed by atoms with Crippen LogP contribution in [0.4, 0.5) is 0 Å². The molecule has 0 aliphatic heterocycles. The topological polar surface area (TPSA) is 43.4 Å². The lowest BCUT2D eigenvalue weighted by Gasteiger charge is -2.19. The maximum Gasteiger partial charge on any atom is 0.293 e. The van der Waals surface area contributed by atoms with Crippen LogP contribution in [0, 0.1) is 5.92 Å². The molecule has 0 amide bonds. The minimum Gasteiger partial charge on any atom is -0.468 e. The largest absolute Gasteiger partial charge is 0.468 e. The molecule has 0 unspecified atom stereocenters. The molecule has 1 aliphatic carbocycles. The lowest BCUT2D eigenvalue weighted by atomic mass is 9.86. The van der Waals surface area contributed by atoms with Crippen LogP contribution < -0.4 is 0 Å². The molecule has 1 rings (SSSR count). The molecule has 3 nitrogen and oxygen atoms in total. The van der Waals surface area contributed by atoms with Gasteiger partial charge in [-0.1, -0.05) is 0 Å². The summed E-state index contributed by atoms with van der Waals surface area (Å²) in [4.78, 5) is 20.7. The summed E-state index contributed by atoms with van der Waals surface area (Å²) in [5.74, 6) is 0.963. The quantitative estimate of drug-likeness (QED) is 0.472. The number of carbonyl (C=O) groups excluding carboxylic acids is 2. The van der Waals surface area contributed by atoms with E-state index in [0.29, 0.717) is 37.6 Å². The van der Waals surface area contributed by atoms with E-state index in [1.807, 2.05) is 0 Å². The van der Waals surface area contributed by atoms with Crippen LogP contribution in [0.15, 0.2) is 0 Å². The molecule has 0 aromatic heterocycles. The molecule has 0 atom stereocenters. The lowest BCUT2D eigenvalue weighted by Crippen LogP contribution is -2.15. The third-order valence-corrected chi connectivity index (χ3v) is 2.37. The normalized spacial score (nSPS) is 19.2. The third kappa shape index (κ3) is 3.03. The number of Topliss-reactive ketones (excluding diaryl/α,β-unsaturated/α-hetero) is 1. The number of rotatable bonds is 4. The van der Waals surface area contributed by atoms with Crippen LogP contribution in [0.5, 0.6) is 0 Å². The summed E-state index contributed by atoms with van der Waals surface area (Å²) in [5.41, 5.74) is 0. The van der Waals surface area contributed by atoms with Crippen LogP contribution in [-0.4, -0.2) is 18.9 Å². The molecule has 0 heterocycles. The van der Waals surface area contributed by atoms with E-state index in [0.717, 1.165) is 19.3 Å². The summed E-state index contributed by atoms with van der Waals surface area (Å²) in [7, 11) is 0. The van der Waals surface area contributed by atoms with E-state index in [-0.39, 0.29) is 0 Å². The van der Waals surface area contributed by atoms with Gasteiger partial charge in [0.05, 0.1) is 6.61 Å². The van der Waals surface area contributed by atoms with Crippen LogP contribution >= 0.6 is 0 Å². The highest BCUT2D eigenvalue weighted by Crippen LogP contribution is 2.23. The van der Waals surface area contributed by atoms with Crippen molar-refractivity contribution in [3.63, 3.8) is 0 Å². The second-order valence-electron chi connectivity index (χ2n) is 3.24. The Morgan fingerprint density at radius 1 is 1.42 bits per heavy atom. The molecule has 0 bridgehead atoms. The van der Waals surface area contributed by atoms with Crippen LogP contribution in [-0.2, 0) is 14.3 Å². The van der Waals surface area contributed by atoms with E-state index in [1.54, 1.807) is 0 Å². The molecule has 0 aromatic rings. The number of hydrogen-bond acceptors (Lipinski definition) is 3. The summed E-state index contributed by atoms with van der Waals surface area (Å²) < 4.78 is 4.60. The highest BCUT2D eigenvalue weighted by molar-refractivity contribution is 5.78. The van der Waals surface area contributed by atoms with E-state index in [4.69, 9.17) is 0 Å². The van der Waals surface area contributed by atoms with Gasteiger partial charge in [0.2, 0.25) is 0 Å². The van der Waals surface area contributed by atoms with Crippen LogP contribution in [0.2, 0.25) is 0 Å². The van der Waals surface area contributed by atoms with E-state index >= 15 is 0 Å². The molecule has 0 spiro atoms. The molecule has 1 aliphatic rings. The summed E-state index contributed by atoms with van der Waals surface area (Å²) in [6.45, 7) is 0.982. The monoisotopic (exact) mass is 170 g/mol. The zero-order valence-corrected chi connectivity index (χ0v) is 7.12. The van der Waals surface area contributed by atoms with Crippen LogP contribution in [0.25, 0.3) is 0 Å². The number of hydrogen-bond donors (Lipinski definition) is 0. The van der Waals surface area contributed by atoms with Crippen molar-refractivity contribution in [3.8, 4) is 0 Å². The van der Waals surface area contributed by atoms with Crippen molar-refractivity contribution in [3.05, 3.63) is 0 Å². The Hall–Kier alpha value is -0.860. The van der Waals surface area contributed by atoms with E-state index in [9.17, 15) is 9.59 Å². The molecule has 12 heavy (non-hydrogen) atoms. The standard InChI is InChI=1S/C9H14O3/c10-7-12-6-5-8-1-3-9(11)4-2-8/h7-8H,1-6H2. The van der Waals surface area contributed by atoms with Gasteiger partial charge >= 0.3 is 0 Å². The zero-order chi connectivity index (χ0) is 8.81. The van der Waals surface area contributed by atoms with Gasteiger partial charge < -0.3 is 4.74 Å². The summed E-state index contributed by atoms with van der Waals surface area (Å²) in [5, 5.41) is 0. The van der Waals surface area contributed by atoms with Gasteiger partial charge in [0.25, 0.3) is 6.47 Å². The van der Waals surface area contributed by atoms with Crippen LogP contribution in [0.3, 0.4) is 0 Å². The summed E-state index contributed by atoms with van der Waals surface area (Å²) in [6, 6.07) is 0. The first kappa shape index (κ1) is 9.23. The Labute approximate surface area is 72.1 Å². The van der Waals surface area contributed by atoms with Crippen molar-refractivity contribution >= 4 is 12.3 Å². The smallest absolute Gasteiger partial charge is 0.293 e. The molecule has 3 heteroatoms. The maximum atomic E-state index is 10.9. The first-order valence-corrected chi connectivity index (χ1v) is 4.40. The second-order valence-corrected chi connectivity index (χ2v) is 3.24. The molecular formula is C9H14O3. The zero-order valence-electron chi connectivity index (χ0n) is 7.12. The highest BCUT2D eigenvalue weighted by Gasteiger charge is 2.17. The molecule has 1 saturated carbocycles. The molecule has 0 aromatic carbocycles. The first-order valence-electron chi connectivity index (χ1n) is 4.40. The van der Waals surface area contributed by atoms with Gasteiger partial charge in [0.15, 0.2) is 0 Å². The third-order valence-electron chi connectivity index (χ3n) is 2.37. The Bertz CT molecular complexity index is 155. The fourth-order valence-electron chi connectivity index (χ4n) is 1.57. The lowest BCUT2D eigenvalue weighted by molar-refractivity contribution is -0.129. The Morgan fingerprint density at radius 2 is 2.08 bits per heavy atom. The van der Waals surface area contributed by atoms with Crippen LogP contribution in [0.1, 0.15) is 32.1 Å². The average molecular weight is 170 g/mol. The molecule has 68 valence electrons. The predicted molar refractivity (Wildman–Crippen MR) is 43.6 cm³/mol. The Kier molecular flexibility index (Phi) is 3.77. The molecular weight excluding hydrogens is 156 g/mol. The van der Waals surface area contributed by atoms with Gasteiger partial charge in [0.1, 0.15) is 5.78 Å². The average Bonchev–Trinajstić information content (AvgIpc) is 2.09. The Morgan fingerprint density at radius 3 is 2.67 bits per heavy atom. The number of ketones is 1. The van der Waals surface area contributed by atoms with Gasteiger partial charge in [-0.2, -0.15) is 0 Å². The van der Waals surface area contributed by atoms with Crippen molar-refractivity contribution in [2.24, 2.45) is 5.92 Å². The van der Waals surface area contributed by atoms with Gasteiger partial charge in [-0.15, -0.1) is 0 Å². The van der Waals surface area contributed by atoms with Gasteiger partial charge in [-0.3, -0.25) is 9.59 Å². The van der Waals surface area contributed by atoms with E-state index < -0.39 is 0 Å². The maximum absolute atomic E-state index is 10.9. The predicted octanol–water partition coefficient (Wildman–Crippen LogP) is 1.31. The molecule has 0 N–H and O–H groups in total. The molecule has 1 fully saturated rings. The van der Waals surface area contributed by atoms with Crippen molar-refractivity contribution < 1.29 is 14.3 Å². The van der Waals surface area contributed by atoms with E-state index in [2.05, 4.69) is 4.74 Å². The van der Waals surface area contributed by atoms with Crippen molar-refractivity contribution in [1.29, 1.82) is 0 Å². The minimum atomic E-state index is 0.377. The highest BCUT2D eigenvalue weighted by atomic mass is 16.5. The minimum absolute atomic E-state index is 0.377. The number of ether oxygens (including phenoxy) is 1. The van der Waals surface area contributed by atoms with E-state index in [1.165, 1.54) is 0 Å². The fraction of sp³-hybridized carbons (Fsp3) is 0.778. The van der Waals surface area contributed by atoms with Crippen molar-refractivity contribution in [1.82, 2.24) is 0 Å². The van der Waals surface area contributed by atoms with Gasteiger partial charge in [0, 0.05) is 12.8 Å².